The van der Waals surface area contributed by atoms with E-state index in [-0.39, 0.29) is 23.5 Å². The van der Waals surface area contributed by atoms with Crippen molar-refractivity contribution in [3.8, 4) is 5.75 Å². The van der Waals surface area contributed by atoms with E-state index < -0.39 is 10.8 Å². The van der Waals surface area contributed by atoms with Crippen molar-refractivity contribution in [2.45, 2.75) is 33.6 Å². The normalized spacial score (nSPS) is 18.0. The fraction of sp³-hybridized carbons (Fsp3) is 0.412. The lowest BCUT2D eigenvalue weighted by Gasteiger charge is -2.29. The first-order valence-electron chi connectivity index (χ1n) is 7.66. The van der Waals surface area contributed by atoms with Crippen molar-refractivity contribution in [1.82, 2.24) is 5.43 Å². The van der Waals surface area contributed by atoms with Crippen LogP contribution in [-0.2, 0) is 4.79 Å². The Morgan fingerprint density at radius 3 is 2.75 bits per heavy atom. The lowest BCUT2D eigenvalue weighted by Crippen LogP contribution is -2.28. The smallest absolute Gasteiger partial charge is 0.310 e. The summed E-state index contributed by atoms with van der Waals surface area (Å²) in [7, 11) is 0. The number of hydrogen-bond acceptors (Lipinski definition) is 5. The molecule has 0 atom stereocenters. The van der Waals surface area contributed by atoms with Crippen molar-refractivity contribution in [3.63, 3.8) is 0 Å². The third-order valence-electron chi connectivity index (χ3n) is 3.58. The zero-order chi connectivity index (χ0) is 17.7. The summed E-state index contributed by atoms with van der Waals surface area (Å²) in [5.41, 5.74) is 4.40. The fourth-order valence-electron chi connectivity index (χ4n) is 2.81. The Kier molecular flexibility index (Phi) is 5.33. The number of rotatable bonds is 5. The molecule has 24 heavy (non-hydrogen) atoms. The molecule has 1 amide bonds. The number of hydrazone groups is 1. The van der Waals surface area contributed by atoms with Crippen LogP contribution in [0.15, 0.2) is 41.0 Å². The van der Waals surface area contributed by atoms with E-state index in [0.717, 1.165) is 18.6 Å². The fourth-order valence-corrected chi connectivity index (χ4v) is 2.81. The van der Waals surface area contributed by atoms with Gasteiger partial charge in [-0.15, -0.1) is 0 Å². The quantitative estimate of drug-likeness (QED) is 0.662. The van der Waals surface area contributed by atoms with Gasteiger partial charge >= 0.3 is 5.69 Å². The highest BCUT2D eigenvalue weighted by atomic mass is 16.6. The van der Waals surface area contributed by atoms with Gasteiger partial charge < -0.3 is 4.74 Å². The molecular weight excluding hydrogens is 310 g/mol. The van der Waals surface area contributed by atoms with Crippen LogP contribution >= 0.6 is 0 Å². The van der Waals surface area contributed by atoms with Gasteiger partial charge in [-0.25, -0.2) is 5.43 Å². The van der Waals surface area contributed by atoms with Crippen molar-refractivity contribution >= 4 is 17.3 Å². The standard InChI is InChI=1S/C17H21N3O4/c1-12-8-13(10-17(2,3)9-12)18-19-16(21)11-24-15-7-5-4-6-14(15)20(22)23/h4-8H,9-11H2,1-3H3,(H,19,21)/b18-13-. The highest BCUT2D eigenvalue weighted by molar-refractivity contribution is 5.97. The molecule has 7 nitrogen and oxygen atoms in total. The van der Waals surface area contributed by atoms with E-state index in [1.165, 1.54) is 23.8 Å². The predicted molar refractivity (Wildman–Crippen MR) is 90.9 cm³/mol. The SMILES string of the molecule is CC1=C/C(=N/NC(=O)COc2ccccc2[N+](=O)[O-])CC(C)(C)C1. The molecule has 0 unspecified atom stereocenters. The number of benzene rings is 1. The van der Waals surface area contributed by atoms with Gasteiger partial charge in [-0.2, -0.15) is 5.10 Å². The molecule has 1 aromatic carbocycles. The minimum absolute atomic E-state index is 0.0554. The van der Waals surface area contributed by atoms with E-state index in [2.05, 4.69) is 24.4 Å². The summed E-state index contributed by atoms with van der Waals surface area (Å²) in [5.74, 6) is -0.407. The maximum Gasteiger partial charge on any atom is 0.310 e. The Hall–Kier alpha value is -2.70. The molecule has 0 saturated carbocycles. The van der Waals surface area contributed by atoms with Gasteiger partial charge in [0.1, 0.15) is 0 Å². The van der Waals surface area contributed by atoms with Crippen LogP contribution in [0.3, 0.4) is 0 Å². The van der Waals surface area contributed by atoms with Crippen LogP contribution in [-0.4, -0.2) is 23.1 Å². The second-order valence-electron chi connectivity index (χ2n) is 6.66. The second kappa shape index (κ2) is 7.25. The molecule has 0 aliphatic heterocycles. The summed E-state index contributed by atoms with van der Waals surface area (Å²) >= 11 is 0. The zero-order valence-electron chi connectivity index (χ0n) is 14.0. The van der Waals surface area contributed by atoms with Crippen LogP contribution in [0.2, 0.25) is 0 Å². The van der Waals surface area contributed by atoms with Gasteiger partial charge in [-0.1, -0.05) is 31.6 Å². The first-order chi connectivity index (χ1) is 11.3. The molecule has 0 spiro atoms. The molecule has 1 aliphatic carbocycles. The first kappa shape index (κ1) is 17.7. The number of para-hydroxylation sites is 2. The van der Waals surface area contributed by atoms with Crippen LogP contribution in [0.25, 0.3) is 0 Å². The van der Waals surface area contributed by atoms with E-state index in [4.69, 9.17) is 4.74 Å². The van der Waals surface area contributed by atoms with Crippen molar-refractivity contribution in [1.29, 1.82) is 0 Å². The molecule has 7 heteroatoms. The Bertz CT molecular complexity index is 708. The molecule has 1 aliphatic rings. The Labute approximate surface area is 140 Å². The minimum atomic E-state index is -0.550. The molecule has 1 N–H and O–H groups in total. The van der Waals surface area contributed by atoms with Crippen LogP contribution in [0.4, 0.5) is 5.69 Å². The number of carbonyl (C=O) groups excluding carboxylic acids is 1. The van der Waals surface area contributed by atoms with Crippen molar-refractivity contribution in [2.24, 2.45) is 10.5 Å². The van der Waals surface area contributed by atoms with Gasteiger partial charge in [0.15, 0.2) is 12.4 Å². The zero-order valence-corrected chi connectivity index (χ0v) is 14.0. The van der Waals surface area contributed by atoms with Gasteiger partial charge in [0.25, 0.3) is 5.91 Å². The summed E-state index contributed by atoms with van der Waals surface area (Å²) in [4.78, 5) is 22.2. The highest BCUT2D eigenvalue weighted by Gasteiger charge is 2.24. The monoisotopic (exact) mass is 331 g/mol. The Morgan fingerprint density at radius 2 is 2.08 bits per heavy atom. The summed E-state index contributed by atoms with van der Waals surface area (Å²) in [5, 5.41) is 15.0. The number of nitrogens with one attached hydrogen (secondary N) is 1. The third kappa shape index (κ3) is 4.91. The van der Waals surface area contributed by atoms with Crippen LogP contribution in [0.5, 0.6) is 5.75 Å². The number of carbonyl (C=O) groups is 1. The summed E-state index contributed by atoms with van der Waals surface area (Å²) in [6.45, 7) is 6.00. The van der Waals surface area contributed by atoms with Gasteiger partial charge in [-0.3, -0.25) is 14.9 Å². The predicted octanol–water partition coefficient (Wildman–Crippen LogP) is 3.21. The molecule has 0 radical (unpaired) electrons. The number of nitrogens with zero attached hydrogens (tertiary/aromatic N) is 2. The second-order valence-corrected chi connectivity index (χ2v) is 6.66. The molecule has 1 aromatic rings. The minimum Gasteiger partial charge on any atom is -0.477 e. The van der Waals surface area contributed by atoms with E-state index in [0.29, 0.717) is 0 Å². The number of hydrogen-bond donors (Lipinski definition) is 1. The number of nitro groups is 1. The topological polar surface area (TPSA) is 93.8 Å². The third-order valence-corrected chi connectivity index (χ3v) is 3.58. The molecule has 0 saturated heterocycles. The summed E-state index contributed by atoms with van der Waals surface area (Å²) in [6, 6.07) is 5.92. The molecule has 0 fully saturated rings. The lowest BCUT2D eigenvalue weighted by atomic mass is 9.77. The van der Waals surface area contributed by atoms with E-state index in [1.807, 2.05) is 13.0 Å². The largest absolute Gasteiger partial charge is 0.477 e. The van der Waals surface area contributed by atoms with E-state index in [9.17, 15) is 14.9 Å². The van der Waals surface area contributed by atoms with Gasteiger partial charge in [0.2, 0.25) is 0 Å². The molecular formula is C17H21N3O4. The molecule has 0 aromatic heterocycles. The summed E-state index contributed by atoms with van der Waals surface area (Å²) in [6.07, 6.45) is 3.74. The van der Waals surface area contributed by atoms with Crippen molar-refractivity contribution in [3.05, 3.63) is 46.0 Å². The highest BCUT2D eigenvalue weighted by Crippen LogP contribution is 2.33. The van der Waals surface area contributed by atoms with Gasteiger partial charge in [0, 0.05) is 6.07 Å². The van der Waals surface area contributed by atoms with Gasteiger partial charge in [0.05, 0.1) is 10.6 Å². The molecule has 128 valence electrons. The van der Waals surface area contributed by atoms with Crippen LogP contribution in [0.1, 0.15) is 33.6 Å². The maximum absolute atomic E-state index is 11.8. The summed E-state index contributed by atoms with van der Waals surface area (Å²) < 4.78 is 5.22. The maximum atomic E-state index is 11.8. The lowest BCUT2D eigenvalue weighted by molar-refractivity contribution is -0.385. The van der Waals surface area contributed by atoms with Crippen molar-refractivity contribution in [2.75, 3.05) is 6.61 Å². The number of ether oxygens (including phenoxy) is 1. The Balaban J connectivity index is 1.94. The number of nitro benzene ring substituents is 1. The number of allylic oxidation sites excluding steroid dienone is 2. The average Bonchev–Trinajstić information content (AvgIpc) is 2.49. The number of amides is 1. The van der Waals surface area contributed by atoms with Gasteiger partial charge in [-0.05, 0) is 37.3 Å². The van der Waals surface area contributed by atoms with E-state index in [1.54, 1.807) is 6.07 Å². The van der Waals surface area contributed by atoms with Crippen LogP contribution < -0.4 is 10.2 Å². The molecule has 0 heterocycles. The Morgan fingerprint density at radius 1 is 1.38 bits per heavy atom. The van der Waals surface area contributed by atoms with E-state index >= 15 is 0 Å². The first-order valence-corrected chi connectivity index (χ1v) is 7.66. The molecule has 0 bridgehead atoms. The average molecular weight is 331 g/mol. The van der Waals surface area contributed by atoms with Crippen LogP contribution in [0, 0.1) is 15.5 Å². The molecule has 2 rings (SSSR count). The van der Waals surface area contributed by atoms with Crippen molar-refractivity contribution < 1.29 is 14.5 Å².